The minimum Gasteiger partial charge on any atom is -0.364 e. The van der Waals surface area contributed by atoms with Gasteiger partial charge < -0.3 is 18.6 Å². The van der Waals surface area contributed by atoms with Gasteiger partial charge in [0.2, 0.25) is 0 Å². The Morgan fingerprint density at radius 3 is 2.00 bits per heavy atom. The van der Waals surface area contributed by atoms with Gasteiger partial charge in [-0.15, -0.1) is 0 Å². The van der Waals surface area contributed by atoms with Gasteiger partial charge in [-0.25, -0.2) is 0 Å². The zero-order valence-corrected chi connectivity index (χ0v) is 11.4. The molecule has 0 aromatic heterocycles. The van der Waals surface area contributed by atoms with Crippen molar-refractivity contribution < 1.29 is 13.3 Å². The standard InChI is InChI=1S/C9H24N2O3Si/c1-6-10-7-9(2)8-11-15(12-3,13-4)14-5/h9-11H,6-8H2,1-5H3. The smallest absolute Gasteiger partial charge is 0.364 e. The quantitative estimate of drug-likeness (QED) is 0.560. The summed E-state index contributed by atoms with van der Waals surface area (Å²) < 4.78 is 15.8. The number of nitrogens with one attached hydrogen (secondary N) is 2. The van der Waals surface area contributed by atoms with Crippen LogP contribution in [0.1, 0.15) is 13.8 Å². The SMILES string of the molecule is CCNCC(C)CN[Si](OC)(OC)OC. The van der Waals surface area contributed by atoms with Crippen molar-refractivity contribution in [1.82, 2.24) is 10.3 Å². The highest BCUT2D eigenvalue weighted by Crippen LogP contribution is 2.02. The second-order valence-electron chi connectivity index (χ2n) is 3.46. The summed E-state index contributed by atoms with van der Waals surface area (Å²) in [5, 5.41) is 3.29. The third-order valence-corrected chi connectivity index (χ3v) is 4.47. The second kappa shape index (κ2) is 8.20. The minimum atomic E-state index is -2.60. The van der Waals surface area contributed by atoms with Gasteiger partial charge in [-0.1, -0.05) is 13.8 Å². The summed E-state index contributed by atoms with van der Waals surface area (Å²) >= 11 is 0. The first-order valence-corrected chi connectivity index (χ1v) is 6.97. The lowest BCUT2D eigenvalue weighted by atomic mass is 10.2. The van der Waals surface area contributed by atoms with Crippen LogP contribution in [0.25, 0.3) is 0 Å². The molecule has 0 heterocycles. The zero-order chi connectivity index (χ0) is 11.7. The zero-order valence-electron chi connectivity index (χ0n) is 10.4. The van der Waals surface area contributed by atoms with Crippen molar-refractivity contribution in [1.29, 1.82) is 0 Å². The van der Waals surface area contributed by atoms with Crippen molar-refractivity contribution in [3.63, 3.8) is 0 Å². The Labute approximate surface area is 93.9 Å². The molecule has 2 N–H and O–H groups in total. The molecule has 0 saturated heterocycles. The van der Waals surface area contributed by atoms with Gasteiger partial charge in [0.25, 0.3) is 0 Å². The summed E-state index contributed by atoms with van der Waals surface area (Å²) in [6, 6.07) is 0. The maximum atomic E-state index is 5.25. The van der Waals surface area contributed by atoms with Gasteiger partial charge >= 0.3 is 8.97 Å². The number of rotatable bonds is 9. The van der Waals surface area contributed by atoms with E-state index < -0.39 is 8.97 Å². The van der Waals surface area contributed by atoms with Crippen LogP contribution in [0.2, 0.25) is 0 Å². The third-order valence-electron chi connectivity index (χ3n) is 2.22. The van der Waals surface area contributed by atoms with Crippen LogP contribution < -0.4 is 10.3 Å². The second-order valence-corrected chi connectivity index (χ2v) is 6.15. The van der Waals surface area contributed by atoms with Gasteiger partial charge in [-0.2, -0.15) is 0 Å². The van der Waals surface area contributed by atoms with E-state index in [4.69, 9.17) is 13.3 Å². The van der Waals surface area contributed by atoms with Crippen LogP contribution in [0.15, 0.2) is 0 Å². The molecule has 0 aromatic rings. The normalized spacial score (nSPS) is 14.2. The molecule has 1 atom stereocenters. The average molecular weight is 236 g/mol. The molecule has 0 fully saturated rings. The Kier molecular flexibility index (Phi) is 8.21. The van der Waals surface area contributed by atoms with Crippen LogP contribution in [-0.2, 0) is 13.3 Å². The lowest BCUT2D eigenvalue weighted by molar-refractivity contribution is 0.108. The van der Waals surface area contributed by atoms with E-state index in [2.05, 4.69) is 24.1 Å². The summed E-state index contributed by atoms with van der Waals surface area (Å²) in [6.07, 6.45) is 0. The molecule has 1 unspecified atom stereocenters. The Hall–Kier alpha value is 0.0169. The van der Waals surface area contributed by atoms with Gasteiger partial charge in [0.05, 0.1) is 0 Å². The first-order chi connectivity index (χ1) is 7.14. The molecule has 0 bridgehead atoms. The molecule has 0 rings (SSSR count). The van der Waals surface area contributed by atoms with Crippen molar-refractivity contribution in [2.24, 2.45) is 5.92 Å². The summed E-state index contributed by atoms with van der Waals surface area (Å²) in [5.74, 6) is 0.511. The van der Waals surface area contributed by atoms with Crippen molar-refractivity contribution in [3.8, 4) is 0 Å². The molecule has 5 nitrogen and oxygen atoms in total. The Morgan fingerprint density at radius 1 is 1.07 bits per heavy atom. The van der Waals surface area contributed by atoms with E-state index in [-0.39, 0.29) is 0 Å². The Balaban J connectivity index is 3.88. The predicted octanol–water partition coefficient (Wildman–Crippen LogP) is 0.196. The molecule has 6 heteroatoms. The first kappa shape index (κ1) is 15.0. The molecule has 0 amide bonds. The lowest BCUT2D eigenvalue weighted by Gasteiger charge is -2.26. The summed E-state index contributed by atoms with van der Waals surface area (Å²) in [7, 11) is 2.20. The van der Waals surface area contributed by atoms with E-state index in [1.165, 1.54) is 0 Å². The minimum absolute atomic E-state index is 0.511. The van der Waals surface area contributed by atoms with Crippen molar-refractivity contribution >= 4 is 8.97 Å². The molecule has 0 aliphatic heterocycles. The Morgan fingerprint density at radius 2 is 1.60 bits per heavy atom. The van der Waals surface area contributed by atoms with Crippen molar-refractivity contribution in [2.45, 2.75) is 13.8 Å². The van der Waals surface area contributed by atoms with Crippen LogP contribution in [0.3, 0.4) is 0 Å². The monoisotopic (exact) mass is 236 g/mol. The molecule has 0 radical (unpaired) electrons. The van der Waals surface area contributed by atoms with E-state index >= 15 is 0 Å². The topological polar surface area (TPSA) is 51.8 Å². The van der Waals surface area contributed by atoms with Crippen molar-refractivity contribution in [2.75, 3.05) is 41.0 Å². The summed E-state index contributed by atoms with van der Waals surface area (Å²) in [6.45, 7) is 7.04. The molecule has 0 saturated carbocycles. The molecule has 92 valence electrons. The van der Waals surface area contributed by atoms with E-state index in [1.54, 1.807) is 21.3 Å². The molecule has 0 aromatic carbocycles. The van der Waals surface area contributed by atoms with Gasteiger partial charge in [-0.3, -0.25) is 4.98 Å². The van der Waals surface area contributed by atoms with Crippen LogP contribution >= 0.6 is 0 Å². The molecule has 0 spiro atoms. The van der Waals surface area contributed by atoms with Gasteiger partial charge in [0.1, 0.15) is 0 Å². The first-order valence-electron chi connectivity index (χ1n) is 5.25. The highest BCUT2D eigenvalue weighted by Gasteiger charge is 2.38. The molecule has 0 aliphatic rings. The molecular weight excluding hydrogens is 212 g/mol. The summed E-state index contributed by atoms with van der Waals surface area (Å²) in [5.41, 5.74) is 0. The van der Waals surface area contributed by atoms with Gasteiger partial charge in [0, 0.05) is 21.3 Å². The van der Waals surface area contributed by atoms with Gasteiger partial charge in [-0.05, 0) is 25.6 Å². The number of hydrogen-bond donors (Lipinski definition) is 2. The van der Waals surface area contributed by atoms with E-state index in [0.29, 0.717) is 5.92 Å². The van der Waals surface area contributed by atoms with Crippen LogP contribution in [0.5, 0.6) is 0 Å². The Bertz CT molecular complexity index is 148. The molecule has 15 heavy (non-hydrogen) atoms. The van der Waals surface area contributed by atoms with E-state index in [0.717, 1.165) is 19.6 Å². The van der Waals surface area contributed by atoms with E-state index in [9.17, 15) is 0 Å². The maximum Gasteiger partial charge on any atom is 0.596 e. The van der Waals surface area contributed by atoms with Crippen LogP contribution in [0, 0.1) is 5.92 Å². The highest BCUT2D eigenvalue weighted by molar-refractivity contribution is 6.57. The average Bonchev–Trinajstić information content (AvgIpc) is 2.29. The highest BCUT2D eigenvalue weighted by atomic mass is 28.4. The van der Waals surface area contributed by atoms with Crippen LogP contribution in [-0.4, -0.2) is 49.9 Å². The predicted molar refractivity (Wildman–Crippen MR) is 62.5 cm³/mol. The summed E-state index contributed by atoms with van der Waals surface area (Å²) in [4.78, 5) is 3.22. The van der Waals surface area contributed by atoms with Gasteiger partial charge in [0.15, 0.2) is 0 Å². The fourth-order valence-corrected chi connectivity index (χ4v) is 2.76. The van der Waals surface area contributed by atoms with Crippen LogP contribution in [0.4, 0.5) is 0 Å². The third kappa shape index (κ3) is 5.60. The molecule has 0 aliphatic carbocycles. The van der Waals surface area contributed by atoms with Crippen molar-refractivity contribution in [3.05, 3.63) is 0 Å². The largest absolute Gasteiger partial charge is 0.596 e. The fraction of sp³-hybridized carbons (Fsp3) is 1.00. The maximum absolute atomic E-state index is 5.25. The van der Waals surface area contributed by atoms with E-state index in [1.807, 2.05) is 0 Å². The number of hydrogen-bond acceptors (Lipinski definition) is 5. The molecular formula is C9H24N2O3Si. The lowest BCUT2D eigenvalue weighted by Crippen LogP contribution is -2.58. The fourth-order valence-electron chi connectivity index (χ4n) is 1.23.